The van der Waals surface area contributed by atoms with E-state index in [0.29, 0.717) is 12.8 Å². The van der Waals surface area contributed by atoms with Crippen LogP contribution < -0.4 is 11.2 Å². The molecule has 2 rings (SSSR count). The van der Waals surface area contributed by atoms with Crippen molar-refractivity contribution >= 4 is 5.91 Å². The first-order valence-electron chi connectivity index (χ1n) is 7.00. The van der Waals surface area contributed by atoms with Crippen molar-refractivity contribution in [2.75, 3.05) is 0 Å². The van der Waals surface area contributed by atoms with Crippen LogP contribution in [0.4, 0.5) is 0 Å². The lowest BCUT2D eigenvalue weighted by atomic mass is 10.0. The quantitative estimate of drug-likeness (QED) is 0.774. The normalized spacial score (nSPS) is 17.3. The van der Waals surface area contributed by atoms with Crippen molar-refractivity contribution in [2.45, 2.75) is 50.7 Å². The molecular formula is C15H22N2O2. The van der Waals surface area contributed by atoms with Gasteiger partial charge in [-0.05, 0) is 24.8 Å². The summed E-state index contributed by atoms with van der Waals surface area (Å²) in [6.45, 7) is 0. The van der Waals surface area contributed by atoms with Gasteiger partial charge in [0.1, 0.15) is 0 Å². The fraction of sp³-hybridized carbons (Fsp3) is 0.533. The van der Waals surface area contributed by atoms with Crippen molar-refractivity contribution < 1.29 is 9.63 Å². The maximum Gasteiger partial charge on any atom is 0.243 e. The molecule has 1 aliphatic rings. The number of nitrogens with one attached hydrogen (secondary N) is 1. The molecule has 1 fully saturated rings. The maximum absolute atomic E-state index is 11.6. The van der Waals surface area contributed by atoms with Crippen molar-refractivity contribution in [1.29, 1.82) is 0 Å². The molecular weight excluding hydrogens is 240 g/mol. The zero-order valence-corrected chi connectivity index (χ0v) is 11.2. The predicted octanol–water partition coefficient (Wildman–Crippen LogP) is 2.46. The van der Waals surface area contributed by atoms with E-state index in [1.54, 1.807) is 0 Å². The average Bonchev–Trinajstić information content (AvgIpc) is 2.96. The van der Waals surface area contributed by atoms with E-state index >= 15 is 0 Å². The third kappa shape index (κ3) is 4.65. The van der Waals surface area contributed by atoms with E-state index in [1.807, 2.05) is 30.3 Å². The molecule has 0 radical (unpaired) electrons. The molecule has 1 aromatic rings. The number of hydroxylamine groups is 1. The van der Waals surface area contributed by atoms with Crippen LogP contribution in [0.3, 0.4) is 0 Å². The summed E-state index contributed by atoms with van der Waals surface area (Å²) < 4.78 is 0. The third-order valence-corrected chi connectivity index (χ3v) is 3.55. The highest BCUT2D eigenvalue weighted by atomic mass is 16.7. The first-order valence-corrected chi connectivity index (χ1v) is 7.00. The Morgan fingerprint density at radius 1 is 1.32 bits per heavy atom. The molecule has 0 aromatic heterocycles. The highest BCUT2D eigenvalue weighted by Crippen LogP contribution is 2.20. The van der Waals surface area contributed by atoms with Crippen molar-refractivity contribution in [2.24, 2.45) is 5.73 Å². The Balaban J connectivity index is 1.65. The van der Waals surface area contributed by atoms with Gasteiger partial charge in [-0.15, -0.1) is 0 Å². The summed E-state index contributed by atoms with van der Waals surface area (Å²) in [4.78, 5) is 17.0. The number of carbonyl (C=O) groups is 1. The van der Waals surface area contributed by atoms with Gasteiger partial charge in [-0.2, -0.15) is 0 Å². The van der Waals surface area contributed by atoms with Crippen molar-refractivity contribution in [1.82, 2.24) is 5.48 Å². The van der Waals surface area contributed by atoms with Gasteiger partial charge in [-0.25, -0.2) is 5.48 Å². The molecule has 0 spiro atoms. The molecule has 1 unspecified atom stereocenters. The first kappa shape index (κ1) is 14.0. The van der Waals surface area contributed by atoms with Gasteiger partial charge in [0.05, 0.1) is 6.10 Å². The minimum atomic E-state index is -0.0987. The molecule has 4 heteroatoms. The molecule has 0 aliphatic heterocycles. The van der Waals surface area contributed by atoms with Crippen LogP contribution in [0.1, 0.15) is 50.1 Å². The molecule has 0 saturated heterocycles. The predicted molar refractivity (Wildman–Crippen MR) is 74.1 cm³/mol. The Morgan fingerprint density at radius 3 is 2.68 bits per heavy atom. The van der Waals surface area contributed by atoms with Crippen LogP contribution in [0.5, 0.6) is 0 Å². The molecule has 1 aromatic carbocycles. The van der Waals surface area contributed by atoms with Crippen LogP contribution >= 0.6 is 0 Å². The van der Waals surface area contributed by atoms with Gasteiger partial charge in [0.15, 0.2) is 0 Å². The minimum Gasteiger partial charge on any atom is -0.324 e. The Kier molecular flexibility index (Phi) is 5.36. The van der Waals surface area contributed by atoms with Crippen LogP contribution in [0.15, 0.2) is 30.3 Å². The SMILES string of the molecule is NC(CCC(=O)NOC1CCCC1)c1ccccc1. The van der Waals surface area contributed by atoms with Crippen LogP contribution in [0.2, 0.25) is 0 Å². The number of rotatable bonds is 6. The summed E-state index contributed by atoms with van der Waals surface area (Å²) in [5.74, 6) is -0.0849. The van der Waals surface area contributed by atoms with Gasteiger partial charge in [-0.3, -0.25) is 9.63 Å². The highest BCUT2D eigenvalue weighted by molar-refractivity contribution is 5.74. The number of benzene rings is 1. The molecule has 1 atom stereocenters. The van der Waals surface area contributed by atoms with E-state index < -0.39 is 0 Å². The number of hydrogen-bond donors (Lipinski definition) is 2. The fourth-order valence-corrected chi connectivity index (χ4v) is 2.36. The second-order valence-corrected chi connectivity index (χ2v) is 5.11. The summed E-state index contributed by atoms with van der Waals surface area (Å²) in [5.41, 5.74) is 9.64. The van der Waals surface area contributed by atoms with E-state index in [-0.39, 0.29) is 18.1 Å². The lowest BCUT2D eigenvalue weighted by Crippen LogP contribution is -2.28. The van der Waals surface area contributed by atoms with Gasteiger partial charge < -0.3 is 5.73 Å². The number of carbonyl (C=O) groups excluding carboxylic acids is 1. The van der Waals surface area contributed by atoms with Crippen LogP contribution in [-0.2, 0) is 9.63 Å². The largest absolute Gasteiger partial charge is 0.324 e. The van der Waals surface area contributed by atoms with Crippen molar-refractivity contribution in [3.8, 4) is 0 Å². The zero-order valence-electron chi connectivity index (χ0n) is 11.2. The fourth-order valence-electron chi connectivity index (χ4n) is 2.36. The minimum absolute atomic E-state index is 0.0849. The molecule has 3 N–H and O–H groups in total. The van der Waals surface area contributed by atoms with E-state index in [1.165, 1.54) is 12.8 Å². The summed E-state index contributed by atoms with van der Waals surface area (Å²) in [7, 11) is 0. The monoisotopic (exact) mass is 262 g/mol. The molecule has 0 heterocycles. The van der Waals surface area contributed by atoms with Crippen LogP contribution in [0.25, 0.3) is 0 Å². The van der Waals surface area contributed by atoms with Crippen molar-refractivity contribution in [3.05, 3.63) is 35.9 Å². The van der Waals surface area contributed by atoms with Gasteiger partial charge in [0.25, 0.3) is 0 Å². The molecule has 4 nitrogen and oxygen atoms in total. The van der Waals surface area contributed by atoms with Gasteiger partial charge in [0, 0.05) is 12.5 Å². The topological polar surface area (TPSA) is 64.4 Å². The zero-order chi connectivity index (χ0) is 13.5. The third-order valence-electron chi connectivity index (χ3n) is 3.55. The maximum atomic E-state index is 11.6. The molecule has 0 bridgehead atoms. The van der Waals surface area contributed by atoms with Crippen molar-refractivity contribution in [3.63, 3.8) is 0 Å². The lowest BCUT2D eigenvalue weighted by Gasteiger charge is -2.13. The second kappa shape index (κ2) is 7.26. The second-order valence-electron chi connectivity index (χ2n) is 5.11. The summed E-state index contributed by atoms with van der Waals surface area (Å²) in [5, 5.41) is 0. The summed E-state index contributed by atoms with van der Waals surface area (Å²) in [6.07, 6.45) is 5.70. The first-order chi connectivity index (χ1) is 9.25. The van der Waals surface area contributed by atoms with Crippen LogP contribution in [-0.4, -0.2) is 12.0 Å². The Labute approximate surface area is 114 Å². The molecule has 1 amide bonds. The highest BCUT2D eigenvalue weighted by Gasteiger charge is 2.17. The van der Waals surface area contributed by atoms with E-state index in [2.05, 4.69) is 5.48 Å². The Bertz CT molecular complexity index is 388. The molecule has 104 valence electrons. The molecule has 1 aliphatic carbocycles. The number of amides is 1. The lowest BCUT2D eigenvalue weighted by molar-refractivity contribution is -0.138. The van der Waals surface area contributed by atoms with Crippen LogP contribution in [0, 0.1) is 0 Å². The Hall–Kier alpha value is -1.39. The van der Waals surface area contributed by atoms with E-state index in [0.717, 1.165) is 18.4 Å². The number of nitrogens with two attached hydrogens (primary N) is 1. The Morgan fingerprint density at radius 2 is 2.00 bits per heavy atom. The molecule has 1 saturated carbocycles. The van der Waals surface area contributed by atoms with E-state index in [9.17, 15) is 4.79 Å². The smallest absolute Gasteiger partial charge is 0.243 e. The summed E-state index contributed by atoms with van der Waals surface area (Å²) in [6, 6.07) is 9.74. The molecule has 19 heavy (non-hydrogen) atoms. The standard InChI is InChI=1S/C15H22N2O2/c16-14(12-6-2-1-3-7-12)10-11-15(18)17-19-13-8-4-5-9-13/h1-3,6-7,13-14H,4-5,8-11,16H2,(H,17,18). The van der Waals surface area contributed by atoms with Gasteiger partial charge in [-0.1, -0.05) is 43.2 Å². The van der Waals surface area contributed by atoms with E-state index in [4.69, 9.17) is 10.6 Å². The number of hydrogen-bond acceptors (Lipinski definition) is 3. The van der Waals surface area contributed by atoms with Gasteiger partial charge >= 0.3 is 0 Å². The summed E-state index contributed by atoms with van der Waals surface area (Å²) >= 11 is 0. The average molecular weight is 262 g/mol. The van der Waals surface area contributed by atoms with Gasteiger partial charge in [0.2, 0.25) is 5.91 Å².